The van der Waals surface area contributed by atoms with Gasteiger partial charge < -0.3 is 10.2 Å². The van der Waals surface area contributed by atoms with E-state index in [4.69, 9.17) is 5.26 Å². The number of hydrogen-bond acceptors (Lipinski definition) is 4. The summed E-state index contributed by atoms with van der Waals surface area (Å²) >= 11 is 0. The van der Waals surface area contributed by atoms with Crippen molar-refractivity contribution in [1.29, 1.82) is 5.26 Å². The normalized spacial score (nSPS) is 14.2. The number of nitriles is 1. The van der Waals surface area contributed by atoms with E-state index in [1.54, 1.807) is 12.3 Å². The van der Waals surface area contributed by atoms with Gasteiger partial charge in [0.25, 0.3) is 0 Å². The van der Waals surface area contributed by atoms with E-state index < -0.39 is 0 Å². The molecular formula is C24H22N4O. The van der Waals surface area contributed by atoms with Crippen molar-refractivity contribution in [2.45, 2.75) is 12.8 Å². The molecule has 1 aliphatic heterocycles. The molecule has 0 saturated carbocycles. The van der Waals surface area contributed by atoms with Crippen molar-refractivity contribution in [2.75, 3.05) is 23.3 Å². The molecule has 1 N–H and O–H groups in total. The van der Waals surface area contributed by atoms with E-state index in [0.717, 1.165) is 48.6 Å². The molecule has 5 heteroatoms. The highest BCUT2D eigenvalue weighted by Gasteiger charge is 2.25. The fraction of sp³-hybridized carbons (Fsp3) is 0.208. The van der Waals surface area contributed by atoms with Crippen molar-refractivity contribution in [3.05, 3.63) is 78.5 Å². The summed E-state index contributed by atoms with van der Waals surface area (Å²) in [6.45, 7) is 1.56. The van der Waals surface area contributed by atoms with Gasteiger partial charge in [0, 0.05) is 30.9 Å². The molecule has 29 heavy (non-hydrogen) atoms. The quantitative estimate of drug-likeness (QED) is 0.722. The number of anilines is 2. The predicted octanol–water partition coefficient (Wildman–Crippen LogP) is 4.48. The first kappa shape index (κ1) is 18.7. The average molecular weight is 382 g/mol. The number of aromatic nitrogens is 1. The van der Waals surface area contributed by atoms with Crippen LogP contribution in [-0.4, -0.2) is 24.0 Å². The largest absolute Gasteiger partial charge is 0.357 e. The highest BCUT2D eigenvalue weighted by Crippen LogP contribution is 2.25. The monoisotopic (exact) mass is 382 g/mol. The van der Waals surface area contributed by atoms with Crippen LogP contribution in [0.5, 0.6) is 0 Å². The molecule has 2 aromatic carbocycles. The summed E-state index contributed by atoms with van der Waals surface area (Å²) < 4.78 is 0. The molecule has 1 amide bonds. The third-order valence-electron chi connectivity index (χ3n) is 5.33. The lowest BCUT2D eigenvalue weighted by molar-refractivity contribution is -0.120. The highest BCUT2D eigenvalue weighted by atomic mass is 16.1. The summed E-state index contributed by atoms with van der Waals surface area (Å²) in [6, 6.07) is 23.9. The number of carbonyl (C=O) groups is 1. The van der Waals surface area contributed by atoms with Gasteiger partial charge >= 0.3 is 0 Å². The maximum atomic E-state index is 12.7. The zero-order valence-corrected chi connectivity index (χ0v) is 16.1. The fourth-order valence-corrected chi connectivity index (χ4v) is 3.63. The molecule has 1 aromatic heterocycles. The predicted molar refractivity (Wildman–Crippen MR) is 114 cm³/mol. The Hall–Kier alpha value is -3.65. The Morgan fingerprint density at radius 3 is 2.28 bits per heavy atom. The maximum absolute atomic E-state index is 12.7. The standard InChI is InChI=1S/C24H22N4O/c25-16-18-6-11-23(26-17-18)28-14-12-21(13-15-28)24(29)27-22-9-7-20(8-10-22)19-4-2-1-3-5-19/h1-11,17,21H,12-15H2,(H,27,29). The van der Waals surface area contributed by atoms with Crippen molar-refractivity contribution >= 4 is 17.4 Å². The molecule has 5 nitrogen and oxygen atoms in total. The highest BCUT2D eigenvalue weighted by molar-refractivity contribution is 5.93. The first-order chi connectivity index (χ1) is 14.2. The Morgan fingerprint density at radius 2 is 1.66 bits per heavy atom. The fourth-order valence-electron chi connectivity index (χ4n) is 3.63. The minimum absolute atomic E-state index is 0.00145. The molecule has 4 rings (SSSR count). The van der Waals surface area contributed by atoms with Gasteiger partial charge in [-0.05, 0) is 48.2 Å². The van der Waals surface area contributed by atoms with E-state index >= 15 is 0 Å². The van der Waals surface area contributed by atoms with Crippen molar-refractivity contribution in [3.63, 3.8) is 0 Å². The number of amides is 1. The molecule has 144 valence electrons. The lowest BCUT2D eigenvalue weighted by Crippen LogP contribution is -2.38. The minimum Gasteiger partial charge on any atom is -0.357 e. The van der Waals surface area contributed by atoms with Crippen LogP contribution in [0.3, 0.4) is 0 Å². The summed E-state index contributed by atoms with van der Waals surface area (Å²) in [5.41, 5.74) is 3.67. The molecule has 2 heterocycles. The van der Waals surface area contributed by atoms with Crippen LogP contribution in [0.15, 0.2) is 72.9 Å². The number of nitrogens with zero attached hydrogens (tertiary/aromatic N) is 3. The van der Waals surface area contributed by atoms with Crippen LogP contribution in [0, 0.1) is 17.2 Å². The van der Waals surface area contributed by atoms with E-state index in [-0.39, 0.29) is 11.8 Å². The Kier molecular flexibility index (Phi) is 5.53. The van der Waals surface area contributed by atoms with Gasteiger partial charge in [0.05, 0.1) is 5.56 Å². The van der Waals surface area contributed by atoms with Gasteiger partial charge in [-0.2, -0.15) is 5.26 Å². The Morgan fingerprint density at radius 1 is 0.966 bits per heavy atom. The van der Waals surface area contributed by atoms with Crippen LogP contribution in [0.1, 0.15) is 18.4 Å². The summed E-state index contributed by atoms with van der Waals surface area (Å²) in [6.07, 6.45) is 3.17. The molecule has 0 spiro atoms. The van der Waals surface area contributed by atoms with Crippen LogP contribution in [0.25, 0.3) is 11.1 Å². The van der Waals surface area contributed by atoms with Crippen LogP contribution in [0.2, 0.25) is 0 Å². The second kappa shape index (κ2) is 8.57. The van der Waals surface area contributed by atoms with E-state index in [2.05, 4.69) is 33.4 Å². The van der Waals surface area contributed by atoms with Crippen molar-refractivity contribution in [3.8, 4) is 17.2 Å². The minimum atomic E-state index is -0.00145. The number of benzene rings is 2. The molecule has 1 saturated heterocycles. The Bertz CT molecular complexity index is 1000. The third kappa shape index (κ3) is 4.44. The molecule has 0 aliphatic carbocycles. The number of rotatable bonds is 4. The van der Waals surface area contributed by atoms with E-state index in [1.807, 2.05) is 48.5 Å². The van der Waals surface area contributed by atoms with E-state index in [1.165, 1.54) is 0 Å². The molecule has 1 fully saturated rings. The van der Waals surface area contributed by atoms with Crippen LogP contribution in [0.4, 0.5) is 11.5 Å². The topological polar surface area (TPSA) is 69.0 Å². The number of pyridine rings is 1. The Labute approximate surface area is 170 Å². The molecule has 3 aromatic rings. The molecule has 0 radical (unpaired) electrons. The van der Waals surface area contributed by atoms with Crippen molar-refractivity contribution < 1.29 is 4.79 Å². The lowest BCUT2D eigenvalue weighted by atomic mass is 9.95. The van der Waals surface area contributed by atoms with Gasteiger partial charge in [-0.25, -0.2) is 4.98 Å². The van der Waals surface area contributed by atoms with Crippen LogP contribution in [-0.2, 0) is 4.79 Å². The number of carbonyl (C=O) groups excluding carboxylic acids is 1. The van der Waals surface area contributed by atoms with Gasteiger partial charge in [0.1, 0.15) is 11.9 Å². The first-order valence-corrected chi connectivity index (χ1v) is 9.80. The first-order valence-electron chi connectivity index (χ1n) is 9.80. The molecular weight excluding hydrogens is 360 g/mol. The van der Waals surface area contributed by atoms with Gasteiger partial charge in [0.2, 0.25) is 5.91 Å². The van der Waals surface area contributed by atoms with Gasteiger partial charge in [0.15, 0.2) is 0 Å². The summed E-state index contributed by atoms with van der Waals surface area (Å²) in [5, 5.41) is 11.9. The maximum Gasteiger partial charge on any atom is 0.227 e. The number of piperidine rings is 1. The number of nitrogens with one attached hydrogen (secondary N) is 1. The Balaban J connectivity index is 1.32. The second-order valence-corrected chi connectivity index (χ2v) is 7.21. The molecule has 0 bridgehead atoms. The van der Waals surface area contributed by atoms with E-state index in [9.17, 15) is 4.79 Å². The zero-order chi connectivity index (χ0) is 20.1. The number of hydrogen-bond donors (Lipinski definition) is 1. The average Bonchev–Trinajstić information content (AvgIpc) is 2.80. The van der Waals surface area contributed by atoms with Gasteiger partial charge in [-0.3, -0.25) is 4.79 Å². The van der Waals surface area contributed by atoms with Gasteiger partial charge in [-0.1, -0.05) is 42.5 Å². The SMILES string of the molecule is N#Cc1ccc(N2CCC(C(=O)Nc3ccc(-c4ccccc4)cc3)CC2)nc1. The van der Waals surface area contributed by atoms with Crippen LogP contribution < -0.4 is 10.2 Å². The summed E-state index contributed by atoms with van der Waals surface area (Å²) in [7, 11) is 0. The zero-order valence-electron chi connectivity index (χ0n) is 16.1. The smallest absolute Gasteiger partial charge is 0.227 e. The molecule has 0 atom stereocenters. The van der Waals surface area contributed by atoms with E-state index in [0.29, 0.717) is 5.56 Å². The summed E-state index contributed by atoms with van der Waals surface area (Å²) in [5.74, 6) is 0.933. The molecule has 0 unspecified atom stereocenters. The lowest BCUT2D eigenvalue weighted by Gasteiger charge is -2.32. The van der Waals surface area contributed by atoms with Crippen molar-refractivity contribution in [1.82, 2.24) is 4.98 Å². The van der Waals surface area contributed by atoms with Crippen molar-refractivity contribution in [2.24, 2.45) is 5.92 Å². The third-order valence-corrected chi connectivity index (χ3v) is 5.33. The van der Waals surface area contributed by atoms with Gasteiger partial charge in [-0.15, -0.1) is 0 Å². The molecule has 1 aliphatic rings. The van der Waals surface area contributed by atoms with Crippen LogP contribution >= 0.6 is 0 Å². The second-order valence-electron chi connectivity index (χ2n) is 7.21. The summed E-state index contributed by atoms with van der Waals surface area (Å²) in [4.78, 5) is 19.2.